The summed E-state index contributed by atoms with van der Waals surface area (Å²) in [7, 11) is 0. The fourth-order valence-corrected chi connectivity index (χ4v) is 5.71. The molecule has 4 aromatic rings. The van der Waals surface area contributed by atoms with Crippen LogP contribution >= 0.6 is 0 Å². The van der Waals surface area contributed by atoms with Crippen molar-refractivity contribution in [2.45, 2.75) is 79.6 Å². The molecule has 0 saturated heterocycles. The Morgan fingerprint density at radius 2 is 0.722 bits per heavy atom. The third-order valence-electron chi connectivity index (χ3n) is 7.01. The van der Waals surface area contributed by atoms with E-state index in [4.69, 9.17) is 0 Å². The van der Waals surface area contributed by atoms with E-state index < -0.39 is 0 Å². The highest BCUT2D eigenvalue weighted by molar-refractivity contribution is 5.96. The average Bonchev–Trinajstić information content (AvgIpc) is 2.84. The van der Waals surface area contributed by atoms with Gasteiger partial charge in [0, 0.05) is 35.3 Å². The molecule has 0 unspecified atom stereocenters. The molecule has 0 N–H and O–H groups in total. The van der Waals surface area contributed by atoms with Gasteiger partial charge in [0.2, 0.25) is 0 Å². The molecule has 4 rings (SSSR count). The Kier molecular flexibility index (Phi) is 7.73. The Labute approximate surface area is 218 Å². The highest BCUT2D eigenvalue weighted by atomic mass is 15.2. The zero-order valence-corrected chi connectivity index (χ0v) is 23.3. The number of benzene rings is 4. The summed E-state index contributed by atoms with van der Waals surface area (Å²) in [5.74, 6) is 0. The maximum Gasteiger partial charge on any atom is 0.0688 e. The number of rotatable bonds is 8. The fourth-order valence-electron chi connectivity index (χ4n) is 5.71. The number of fused-ring (bicyclic) bond motifs is 2. The summed E-state index contributed by atoms with van der Waals surface area (Å²) in [5, 5.41) is 5.10. The van der Waals surface area contributed by atoms with Gasteiger partial charge in [-0.15, -0.1) is 0 Å². The Morgan fingerprint density at radius 3 is 1.03 bits per heavy atom. The lowest BCUT2D eigenvalue weighted by atomic mass is 9.95. The van der Waals surface area contributed by atoms with Crippen molar-refractivity contribution in [1.29, 1.82) is 0 Å². The molecule has 4 aromatic carbocycles. The zero-order chi connectivity index (χ0) is 26.0. The summed E-state index contributed by atoms with van der Waals surface area (Å²) < 4.78 is 0. The van der Waals surface area contributed by atoms with Gasteiger partial charge in [-0.05, 0) is 89.1 Å². The van der Waals surface area contributed by atoms with Crippen LogP contribution in [0.2, 0.25) is 0 Å². The minimum atomic E-state index is 0.350. The third-order valence-corrected chi connectivity index (χ3v) is 7.01. The summed E-state index contributed by atoms with van der Waals surface area (Å²) in [5.41, 5.74) is 5.16. The molecule has 0 amide bonds. The van der Waals surface area contributed by atoms with Crippen LogP contribution in [0, 0.1) is 0 Å². The van der Waals surface area contributed by atoms with E-state index in [9.17, 15) is 0 Å². The third kappa shape index (κ3) is 5.14. The van der Waals surface area contributed by atoms with Crippen LogP contribution in [0.25, 0.3) is 32.9 Å². The number of nitrogens with zero attached hydrogens (tertiary/aromatic N) is 2. The molecule has 0 atom stereocenters. The Bertz CT molecular complexity index is 1240. The topological polar surface area (TPSA) is 6.48 Å². The molecule has 0 aliphatic heterocycles. The quantitative estimate of drug-likeness (QED) is 0.233. The maximum absolute atomic E-state index is 2.60. The van der Waals surface area contributed by atoms with Crippen molar-refractivity contribution in [3.05, 3.63) is 96.1 Å². The van der Waals surface area contributed by atoms with Crippen molar-refractivity contribution in [2.24, 2.45) is 0 Å². The first kappa shape index (κ1) is 25.8. The molecule has 0 bridgehead atoms. The predicted molar refractivity (Wildman–Crippen MR) is 159 cm³/mol. The first-order valence-corrected chi connectivity index (χ1v) is 13.5. The minimum Gasteiger partial charge on any atom is -0.364 e. The second-order valence-electron chi connectivity index (χ2n) is 11.0. The first-order valence-electron chi connectivity index (χ1n) is 13.5. The van der Waals surface area contributed by atoms with E-state index in [0.717, 1.165) is 0 Å². The van der Waals surface area contributed by atoms with Crippen LogP contribution in [0.3, 0.4) is 0 Å². The maximum atomic E-state index is 2.60. The van der Waals surface area contributed by atoms with E-state index in [1.807, 2.05) is 0 Å². The molecule has 2 nitrogen and oxygen atoms in total. The second kappa shape index (κ2) is 10.8. The molecule has 0 aromatic heterocycles. The summed E-state index contributed by atoms with van der Waals surface area (Å²) in [6.45, 7) is 18.5. The Hall–Kier alpha value is -3.26. The summed E-state index contributed by atoms with van der Waals surface area (Å²) in [6, 6.07) is 32.7. The van der Waals surface area contributed by atoms with Gasteiger partial charge in [-0.3, -0.25) is 0 Å². The van der Waals surface area contributed by atoms with Gasteiger partial charge in [-0.1, -0.05) is 72.8 Å². The van der Waals surface area contributed by atoms with Crippen molar-refractivity contribution < 1.29 is 0 Å². The average molecular weight is 479 g/mol. The van der Waals surface area contributed by atoms with Gasteiger partial charge in [0.25, 0.3) is 0 Å². The van der Waals surface area contributed by atoms with E-state index in [2.05, 4.69) is 150 Å². The van der Waals surface area contributed by atoms with Gasteiger partial charge in [0.05, 0.1) is 11.4 Å². The molecular formula is C34H42N2. The van der Waals surface area contributed by atoms with Crippen LogP contribution in [0.5, 0.6) is 0 Å². The molecule has 188 valence electrons. The molecule has 0 fully saturated rings. The highest BCUT2D eigenvalue weighted by Crippen LogP contribution is 2.38. The molecule has 0 spiro atoms. The van der Waals surface area contributed by atoms with Crippen molar-refractivity contribution in [2.75, 3.05) is 0 Å². The zero-order valence-electron chi connectivity index (χ0n) is 23.3. The summed E-state index contributed by atoms with van der Waals surface area (Å²) in [4.78, 5) is 5.21. The lowest BCUT2D eigenvalue weighted by Crippen LogP contribution is -2.41. The van der Waals surface area contributed by atoms with Gasteiger partial charge in [-0.25, -0.2) is 0 Å². The minimum absolute atomic E-state index is 0.350. The van der Waals surface area contributed by atoms with Crippen molar-refractivity contribution in [3.63, 3.8) is 0 Å². The van der Waals surface area contributed by atoms with E-state index in [0.29, 0.717) is 24.2 Å². The molecular weight excluding hydrogens is 436 g/mol. The van der Waals surface area contributed by atoms with Crippen LogP contribution in [0.1, 0.15) is 66.5 Å². The van der Waals surface area contributed by atoms with Crippen molar-refractivity contribution in [1.82, 2.24) is 9.80 Å². The van der Waals surface area contributed by atoms with Crippen LogP contribution in [-0.2, 0) is 0 Å². The van der Waals surface area contributed by atoms with E-state index >= 15 is 0 Å². The SMILES string of the molecule is CC(C)N(/C(=C(\c1ccc2ccccc2c1)N(C(C)C)C(C)C)c1ccc2ccccc2c1)C(C)C. The highest BCUT2D eigenvalue weighted by Gasteiger charge is 2.29. The normalized spacial score (nSPS) is 12.8. The van der Waals surface area contributed by atoms with Crippen LogP contribution in [-0.4, -0.2) is 34.0 Å². The van der Waals surface area contributed by atoms with Crippen LogP contribution in [0.4, 0.5) is 0 Å². The first-order chi connectivity index (χ1) is 17.2. The van der Waals surface area contributed by atoms with Crippen LogP contribution in [0.15, 0.2) is 84.9 Å². The lowest BCUT2D eigenvalue weighted by Gasteiger charge is -2.43. The van der Waals surface area contributed by atoms with Gasteiger partial charge in [0.1, 0.15) is 0 Å². The fraction of sp³-hybridized carbons (Fsp3) is 0.353. The van der Waals surface area contributed by atoms with Crippen LogP contribution < -0.4 is 0 Å². The summed E-state index contributed by atoms with van der Waals surface area (Å²) in [6.07, 6.45) is 0. The summed E-state index contributed by atoms with van der Waals surface area (Å²) >= 11 is 0. The van der Waals surface area contributed by atoms with Gasteiger partial charge < -0.3 is 9.80 Å². The van der Waals surface area contributed by atoms with Gasteiger partial charge in [0.15, 0.2) is 0 Å². The molecule has 2 heteroatoms. The van der Waals surface area contributed by atoms with E-state index in [1.165, 1.54) is 44.1 Å². The number of hydrogen-bond acceptors (Lipinski definition) is 2. The molecule has 0 aliphatic carbocycles. The predicted octanol–water partition coefficient (Wildman–Crippen LogP) is 9.06. The number of hydrogen-bond donors (Lipinski definition) is 0. The lowest BCUT2D eigenvalue weighted by molar-refractivity contribution is 0.251. The molecule has 0 saturated carbocycles. The monoisotopic (exact) mass is 478 g/mol. The van der Waals surface area contributed by atoms with Crippen molar-refractivity contribution in [3.8, 4) is 0 Å². The second-order valence-corrected chi connectivity index (χ2v) is 11.0. The molecule has 0 aliphatic rings. The van der Waals surface area contributed by atoms with Gasteiger partial charge in [-0.2, -0.15) is 0 Å². The standard InChI is InChI=1S/C34H42N2/c1-23(2)35(24(3)4)33(31-19-17-27-13-9-11-15-29(27)21-31)34(36(25(5)6)26(7)8)32-20-18-28-14-10-12-16-30(28)22-32/h9-26H,1-8H3/b34-33+. The van der Waals surface area contributed by atoms with E-state index in [-0.39, 0.29) is 0 Å². The van der Waals surface area contributed by atoms with Gasteiger partial charge >= 0.3 is 0 Å². The van der Waals surface area contributed by atoms with E-state index in [1.54, 1.807) is 0 Å². The Morgan fingerprint density at radius 1 is 0.417 bits per heavy atom. The smallest absolute Gasteiger partial charge is 0.0688 e. The molecule has 36 heavy (non-hydrogen) atoms. The Balaban J connectivity index is 2.14. The molecule has 0 heterocycles. The van der Waals surface area contributed by atoms with Crippen molar-refractivity contribution >= 4 is 32.9 Å². The molecule has 0 radical (unpaired) electrons. The largest absolute Gasteiger partial charge is 0.364 e.